The molecule has 0 saturated heterocycles. The average molecular weight is 298 g/mol. The van der Waals surface area contributed by atoms with E-state index in [1.807, 2.05) is 66.7 Å². The van der Waals surface area contributed by atoms with E-state index in [9.17, 15) is 9.90 Å². The highest BCUT2D eigenvalue weighted by molar-refractivity contribution is 6.20. The van der Waals surface area contributed by atoms with Crippen LogP contribution in [0.3, 0.4) is 0 Å². The Hall–Kier alpha value is -3.13. The summed E-state index contributed by atoms with van der Waals surface area (Å²) in [5, 5.41) is 10.1. The van der Waals surface area contributed by atoms with Crippen molar-refractivity contribution in [3.63, 3.8) is 0 Å². The number of hydrogen-bond acceptors (Lipinski definition) is 2. The molecule has 0 spiro atoms. The van der Waals surface area contributed by atoms with Crippen LogP contribution in [-0.4, -0.2) is 10.9 Å². The van der Waals surface area contributed by atoms with Crippen LogP contribution in [0.2, 0.25) is 0 Å². The van der Waals surface area contributed by atoms with Crippen molar-refractivity contribution < 1.29 is 9.90 Å². The molecule has 23 heavy (non-hydrogen) atoms. The molecule has 0 unspecified atom stereocenters. The summed E-state index contributed by atoms with van der Waals surface area (Å²) in [6, 6.07) is 22.4. The summed E-state index contributed by atoms with van der Waals surface area (Å²) >= 11 is 0. The Morgan fingerprint density at radius 2 is 1.13 bits per heavy atom. The van der Waals surface area contributed by atoms with Crippen molar-refractivity contribution in [2.24, 2.45) is 0 Å². The molecule has 0 heterocycles. The maximum absolute atomic E-state index is 12.7. The van der Waals surface area contributed by atoms with E-state index in [-0.39, 0.29) is 11.5 Å². The molecule has 110 valence electrons. The van der Waals surface area contributed by atoms with Gasteiger partial charge in [0.2, 0.25) is 0 Å². The lowest BCUT2D eigenvalue weighted by Crippen LogP contribution is -2.14. The van der Waals surface area contributed by atoms with Gasteiger partial charge in [0.1, 0.15) is 5.75 Å². The van der Waals surface area contributed by atoms with E-state index in [1.165, 1.54) is 0 Å². The van der Waals surface area contributed by atoms with E-state index in [0.29, 0.717) is 11.1 Å². The SMILES string of the molecule is O=C1c2ccccc2C(=Cc2ccccc2O)c2ccccc21. The lowest BCUT2D eigenvalue weighted by molar-refractivity contribution is 0.103. The number of carbonyl (C=O) groups is 1. The molecule has 0 amide bonds. The van der Waals surface area contributed by atoms with Crippen LogP contribution in [-0.2, 0) is 0 Å². The maximum atomic E-state index is 12.7. The third-order valence-corrected chi connectivity index (χ3v) is 4.16. The van der Waals surface area contributed by atoms with E-state index >= 15 is 0 Å². The molecule has 3 aromatic rings. The van der Waals surface area contributed by atoms with E-state index < -0.39 is 0 Å². The molecule has 1 aliphatic rings. The van der Waals surface area contributed by atoms with Crippen LogP contribution in [0.5, 0.6) is 5.75 Å². The van der Waals surface area contributed by atoms with E-state index in [1.54, 1.807) is 12.1 Å². The van der Waals surface area contributed by atoms with Gasteiger partial charge in [0.25, 0.3) is 0 Å². The Bertz CT molecular complexity index is 900. The number of benzene rings is 3. The largest absolute Gasteiger partial charge is 0.507 e. The third-order valence-electron chi connectivity index (χ3n) is 4.16. The minimum atomic E-state index is 0.0469. The van der Waals surface area contributed by atoms with Crippen molar-refractivity contribution in [1.82, 2.24) is 0 Å². The molecule has 0 atom stereocenters. The monoisotopic (exact) mass is 298 g/mol. The van der Waals surface area contributed by atoms with Crippen LogP contribution in [0, 0.1) is 0 Å². The Morgan fingerprint density at radius 1 is 0.652 bits per heavy atom. The summed E-state index contributed by atoms with van der Waals surface area (Å²) in [5.41, 5.74) is 4.90. The fourth-order valence-electron chi connectivity index (χ4n) is 3.04. The number of para-hydroxylation sites is 1. The predicted octanol–water partition coefficient (Wildman–Crippen LogP) is 4.53. The zero-order chi connectivity index (χ0) is 15.8. The van der Waals surface area contributed by atoms with Gasteiger partial charge in [0, 0.05) is 16.7 Å². The molecule has 0 aromatic heterocycles. The number of phenols is 1. The number of rotatable bonds is 1. The first-order valence-corrected chi connectivity index (χ1v) is 7.49. The first-order chi connectivity index (χ1) is 11.3. The Balaban J connectivity index is 2.02. The van der Waals surface area contributed by atoms with Crippen molar-refractivity contribution >= 4 is 17.4 Å². The van der Waals surface area contributed by atoms with E-state index in [4.69, 9.17) is 0 Å². The maximum Gasteiger partial charge on any atom is 0.194 e. The second-order valence-corrected chi connectivity index (χ2v) is 5.54. The fraction of sp³-hybridized carbons (Fsp3) is 0. The number of phenolic OH excluding ortho intramolecular Hbond substituents is 1. The predicted molar refractivity (Wildman–Crippen MR) is 91.4 cm³/mol. The molecule has 1 aliphatic carbocycles. The highest BCUT2D eigenvalue weighted by Gasteiger charge is 2.26. The van der Waals surface area contributed by atoms with Crippen molar-refractivity contribution in [2.75, 3.05) is 0 Å². The molecule has 3 aromatic carbocycles. The summed E-state index contributed by atoms with van der Waals surface area (Å²) in [6.07, 6.45) is 1.94. The van der Waals surface area contributed by atoms with Gasteiger partial charge in [-0.05, 0) is 28.8 Å². The first kappa shape index (κ1) is 13.5. The van der Waals surface area contributed by atoms with Gasteiger partial charge in [-0.15, -0.1) is 0 Å². The average Bonchev–Trinajstić information content (AvgIpc) is 2.60. The summed E-state index contributed by atoms with van der Waals surface area (Å²) in [6.45, 7) is 0. The summed E-state index contributed by atoms with van der Waals surface area (Å²) in [5.74, 6) is 0.275. The fourth-order valence-corrected chi connectivity index (χ4v) is 3.04. The number of fused-ring (bicyclic) bond motifs is 2. The molecule has 1 N–H and O–H groups in total. The zero-order valence-corrected chi connectivity index (χ0v) is 12.4. The van der Waals surface area contributed by atoms with Gasteiger partial charge in [-0.25, -0.2) is 0 Å². The van der Waals surface area contributed by atoms with Crippen molar-refractivity contribution in [1.29, 1.82) is 0 Å². The molecular formula is C21H14O2. The van der Waals surface area contributed by atoms with Crippen LogP contribution >= 0.6 is 0 Å². The highest BCUT2D eigenvalue weighted by atomic mass is 16.3. The van der Waals surface area contributed by atoms with Crippen LogP contribution in [0.25, 0.3) is 11.6 Å². The number of carbonyl (C=O) groups excluding carboxylic acids is 1. The minimum Gasteiger partial charge on any atom is -0.507 e. The van der Waals surface area contributed by atoms with E-state index in [2.05, 4.69) is 0 Å². The number of aromatic hydroxyl groups is 1. The smallest absolute Gasteiger partial charge is 0.194 e. The van der Waals surface area contributed by atoms with Crippen molar-refractivity contribution in [3.05, 3.63) is 101 Å². The van der Waals surface area contributed by atoms with Gasteiger partial charge >= 0.3 is 0 Å². The standard InChI is InChI=1S/C21H14O2/c22-20-12-6-1-7-14(20)13-19-15-8-2-4-10-17(15)21(23)18-11-5-3-9-16(18)19/h1-13,22H. The van der Waals surface area contributed by atoms with Gasteiger partial charge in [0.05, 0.1) is 0 Å². The van der Waals surface area contributed by atoms with E-state index in [0.717, 1.165) is 22.3 Å². The molecule has 2 nitrogen and oxygen atoms in total. The van der Waals surface area contributed by atoms with Gasteiger partial charge in [0.15, 0.2) is 5.78 Å². The second kappa shape index (κ2) is 5.25. The number of hydrogen-bond donors (Lipinski definition) is 1. The van der Waals surface area contributed by atoms with Crippen LogP contribution in [0.15, 0.2) is 72.8 Å². The second-order valence-electron chi connectivity index (χ2n) is 5.54. The topological polar surface area (TPSA) is 37.3 Å². The molecule has 0 saturated carbocycles. The molecule has 0 fully saturated rings. The molecule has 0 radical (unpaired) electrons. The Labute approximate surface area is 134 Å². The minimum absolute atomic E-state index is 0.0469. The lowest BCUT2D eigenvalue weighted by atomic mass is 9.80. The van der Waals surface area contributed by atoms with Gasteiger partial charge in [-0.2, -0.15) is 0 Å². The summed E-state index contributed by atoms with van der Waals surface area (Å²) in [4.78, 5) is 12.7. The van der Waals surface area contributed by atoms with Gasteiger partial charge in [-0.3, -0.25) is 4.79 Å². The zero-order valence-electron chi connectivity index (χ0n) is 12.4. The number of ketones is 1. The molecule has 4 rings (SSSR count). The quantitative estimate of drug-likeness (QED) is 0.561. The third kappa shape index (κ3) is 2.16. The summed E-state index contributed by atoms with van der Waals surface area (Å²) < 4.78 is 0. The normalized spacial score (nSPS) is 12.5. The van der Waals surface area contributed by atoms with Gasteiger partial charge < -0.3 is 5.11 Å². The Morgan fingerprint density at radius 3 is 1.70 bits per heavy atom. The van der Waals surface area contributed by atoms with Crippen LogP contribution < -0.4 is 0 Å². The molecule has 0 aliphatic heterocycles. The van der Waals surface area contributed by atoms with Crippen molar-refractivity contribution in [3.8, 4) is 5.75 Å². The van der Waals surface area contributed by atoms with Crippen LogP contribution in [0.4, 0.5) is 0 Å². The van der Waals surface area contributed by atoms with Gasteiger partial charge in [-0.1, -0.05) is 66.7 Å². The summed E-state index contributed by atoms with van der Waals surface area (Å²) in [7, 11) is 0. The molecule has 0 bridgehead atoms. The highest BCUT2D eigenvalue weighted by Crippen LogP contribution is 2.37. The molecule has 2 heteroatoms. The first-order valence-electron chi connectivity index (χ1n) is 7.49. The van der Waals surface area contributed by atoms with Crippen LogP contribution in [0.1, 0.15) is 32.6 Å². The van der Waals surface area contributed by atoms with Crippen molar-refractivity contribution in [2.45, 2.75) is 0 Å². The lowest BCUT2D eigenvalue weighted by Gasteiger charge is -2.21. The Kier molecular flexibility index (Phi) is 3.09. The molecular weight excluding hydrogens is 284 g/mol.